The van der Waals surface area contributed by atoms with Gasteiger partial charge in [0.15, 0.2) is 0 Å². The Labute approximate surface area is 62.7 Å². The minimum Gasteiger partial charge on any atom is -0.371 e. The van der Waals surface area contributed by atoms with Gasteiger partial charge in [-0.2, -0.15) is 0 Å². The van der Waals surface area contributed by atoms with Crippen LogP contribution in [0.15, 0.2) is 0 Å². The third-order valence-electron chi connectivity index (χ3n) is 2.05. The van der Waals surface area contributed by atoms with Gasteiger partial charge < -0.3 is 10.5 Å². The van der Waals surface area contributed by atoms with Crippen molar-refractivity contribution in [2.75, 3.05) is 6.54 Å². The molecule has 0 amide bonds. The van der Waals surface area contributed by atoms with Gasteiger partial charge in [-0.3, -0.25) is 0 Å². The summed E-state index contributed by atoms with van der Waals surface area (Å²) in [5.74, 6) is 0. The van der Waals surface area contributed by atoms with Crippen LogP contribution in [0.4, 0.5) is 0 Å². The van der Waals surface area contributed by atoms with E-state index in [0.29, 0.717) is 12.6 Å². The lowest BCUT2D eigenvalue weighted by Gasteiger charge is -2.35. The fourth-order valence-corrected chi connectivity index (χ4v) is 1.49. The summed E-state index contributed by atoms with van der Waals surface area (Å²) in [5, 5.41) is 0. The van der Waals surface area contributed by atoms with Gasteiger partial charge in [0.25, 0.3) is 0 Å². The Morgan fingerprint density at radius 1 is 1.60 bits per heavy atom. The van der Waals surface area contributed by atoms with Crippen LogP contribution >= 0.6 is 0 Å². The zero-order valence-electron chi connectivity index (χ0n) is 6.89. The minimum absolute atomic E-state index is 0.0717. The quantitative estimate of drug-likeness (QED) is 0.600. The van der Waals surface area contributed by atoms with Crippen molar-refractivity contribution in [2.45, 2.75) is 44.8 Å². The van der Waals surface area contributed by atoms with E-state index in [1.54, 1.807) is 0 Å². The Morgan fingerprint density at radius 2 is 2.30 bits per heavy atom. The first-order valence-corrected chi connectivity index (χ1v) is 4.02. The molecule has 0 spiro atoms. The highest BCUT2D eigenvalue weighted by atomic mass is 16.5. The van der Waals surface area contributed by atoms with Crippen molar-refractivity contribution in [3.63, 3.8) is 0 Å². The minimum atomic E-state index is 0.0717. The Balaban J connectivity index is 2.40. The molecule has 1 atom stereocenters. The van der Waals surface area contributed by atoms with Crippen LogP contribution in [-0.4, -0.2) is 18.2 Å². The highest BCUT2D eigenvalue weighted by molar-refractivity contribution is 4.77. The van der Waals surface area contributed by atoms with E-state index >= 15 is 0 Å². The summed E-state index contributed by atoms with van der Waals surface area (Å²) in [4.78, 5) is 0. The summed E-state index contributed by atoms with van der Waals surface area (Å²) in [6.07, 6.45) is 3.88. The van der Waals surface area contributed by atoms with E-state index in [2.05, 4.69) is 13.8 Å². The molecule has 1 unspecified atom stereocenters. The second-order valence-corrected chi connectivity index (χ2v) is 3.63. The van der Waals surface area contributed by atoms with E-state index in [9.17, 15) is 0 Å². The topological polar surface area (TPSA) is 35.2 Å². The lowest BCUT2D eigenvalue weighted by Crippen LogP contribution is -2.38. The molecule has 0 radical (unpaired) electrons. The maximum absolute atomic E-state index is 5.70. The van der Waals surface area contributed by atoms with Crippen LogP contribution in [0, 0.1) is 0 Å². The molecule has 0 bridgehead atoms. The lowest BCUT2D eigenvalue weighted by molar-refractivity contribution is -0.102. The van der Waals surface area contributed by atoms with E-state index in [0.717, 1.165) is 6.42 Å². The van der Waals surface area contributed by atoms with E-state index < -0.39 is 0 Å². The number of ether oxygens (including phenoxy) is 1. The molecule has 1 fully saturated rings. The Kier molecular flexibility index (Phi) is 2.32. The van der Waals surface area contributed by atoms with Gasteiger partial charge in [-0.1, -0.05) is 0 Å². The van der Waals surface area contributed by atoms with Crippen LogP contribution in [0.2, 0.25) is 0 Å². The molecule has 0 saturated carbocycles. The fraction of sp³-hybridized carbons (Fsp3) is 1.00. The highest BCUT2D eigenvalue weighted by Gasteiger charge is 2.27. The maximum Gasteiger partial charge on any atom is 0.0704 e. The molecule has 2 heteroatoms. The maximum atomic E-state index is 5.70. The van der Waals surface area contributed by atoms with Gasteiger partial charge in [0.1, 0.15) is 0 Å². The van der Waals surface area contributed by atoms with E-state index in [1.807, 2.05) is 0 Å². The SMILES string of the molecule is CC1(C)CCCC(CN)O1. The Bertz CT molecular complexity index is 112. The first-order chi connectivity index (χ1) is 4.64. The second-order valence-electron chi connectivity index (χ2n) is 3.63. The smallest absolute Gasteiger partial charge is 0.0704 e. The van der Waals surface area contributed by atoms with Crippen LogP contribution in [-0.2, 0) is 4.74 Å². The van der Waals surface area contributed by atoms with E-state index in [4.69, 9.17) is 10.5 Å². The predicted molar refractivity (Wildman–Crippen MR) is 41.9 cm³/mol. The number of rotatable bonds is 1. The molecule has 10 heavy (non-hydrogen) atoms. The van der Waals surface area contributed by atoms with Crippen LogP contribution in [0.3, 0.4) is 0 Å². The molecule has 2 nitrogen and oxygen atoms in total. The molecule has 1 aliphatic rings. The first-order valence-electron chi connectivity index (χ1n) is 4.02. The van der Waals surface area contributed by atoms with Crippen molar-refractivity contribution in [1.82, 2.24) is 0 Å². The average molecular weight is 143 g/mol. The normalized spacial score (nSPS) is 32.1. The van der Waals surface area contributed by atoms with Crippen molar-refractivity contribution in [1.29, 1.82) is 0 Å². The first kappa shape index (κ1) is 8.02. The predicted octanol–water partition coefficient (Wildman–Crippen LogP) is 1.29. The number of nitrogens with two attached hydrogens (primary N) is 1. The molecule has 60 valence electrons. The largest absolute Gasteiger partial charge is 0.371 e. The van der Waals surface area contributed by atoms with E-state index in [1.165, 1.54) is 12.8 Å². The van der Waals surface area contributed by atoms with Crippen molar-refractivity contribution in [3.05, 3.63) is 0 Å². The summed E-state index contributed by atoms with van der Waals surface area (Å²) in [5.41, 5.74) is 5.57. The number of hydrogen-bond acceptors (Lipinski definition) is 2. The van der Waals surface area contributed by atoms with Crippen molar-refractivity contribution in [2.24, 2.45) is 5.73 Å². The van der Waals surface area contributed by atoms with Gasteiger partial charge in [-0.25, -0.2) is 0 Å². The van der Waals surface area contributed by atoms with Gasteiger partial charge in [0.05, 0.1) is 11.7 Å². The van der Waals surface area contributed by atoms with Gasteiger partial charge in [-0.15, -0.1) is 0 Å². The van der Waals surface area contributed by atoms with Crippen molar-refractivity contribution >= 4 is 0 Å². The van der Waals surface area contributed by atoms with Crippen molar-refractivity contribution < 1.29 is 4.74 Å². The average Bonchev–Trinajstić information content (AvgIpc) is 1.86. The van der Waals surface area contributed by atoms with Crippen LogP contribution in [0.25, 0.3) is 0 Å². The molecule has 1 aliphatic heterocycles. The standard InChI is InChI=1S/C8H17NO/c1-8(2)5-3-4-7(6-9)10-8/h7H,3-6,9H2,1-2H3. The Hall–Kier alpha value is -0.0800. The molecule has 1 saturated heterocycles. The molecular weight excluding hydrogens is 126 g/mol. The molecular formula is C8H17NO. The van der Waals surface area contributed by atoms with Crippen molar-refractivity contribution in [3.8, 4) is 0 Å². The third-order valence-corrected chi connectivity index (χ3v) is 2.05. The van der Waals surface area contributed by atoms with Gasteiger partial charge in [0, 0.05) is 6.54 Å². The monoisotopic (exact) mass is 143 g/mol. The highest BCUT2D eigenvalue weighted by Crippen LogP contribution is 2.26. The summed E-state index contributed by atoms with van der Waals surface area (Å²) < 4.78 is 5.70. The van der Waals surface area contributed by atoms with Crippen LogP contribution in [0.1, 0.15) is 33.1 Å². The second kappa shape index (κ2) is 2.89. The van der Waals surface area contributed by atoms with Gasteiger partial charge in [0.2, 0.25) is 0 Å². The van der Waals surface area contributed by atoms with Gasteiger partial charge >= 0.3 is 0 Å². The summed E-state index contributed by atoms with van der Waals surface area (Å²) >= 11 is 0. The van der Waals surface area contributed by atoms with Crippen LogP contribution in [0.5, 0.6) is 0 Å². The molecule has 0 aromatic carbocycles. The lowest BCUT2D eigenvalue weighted by atomic mass is 9.95. The fourth-order valence-electron chi connectivity index (χ4n) is 1.49. The van der Waals surface area contributed by atoms with E-state index in [-0.39, 0.29) is 5.60 Å². The molecule has 0 aliphatic carbocycles. The molecule has 1 rings (SSSR count). The zero-order chi connectivity index (χ0) is 7.61. The van der Waals surface area contributed by atoms with Gasteiger partial charge in [-0.05, 0) is 33.1 Å². The molecule has 0 aromatic rings. The summed E-state index contributed by atoms with van der Waals surface area (Å²) in [7, 11) is 0. The summed E-state index contributed by atoms with van der Waals surface area (Å²) in [6.45, 7) is 4.94. The Morgan fingerprint density at radius 3 is 2.70 bits per heavy atom. The molecule has 1 heterocycles. The van der Waals surface area contributed by atoms with Crippen LogP contribution < -0.4 is 5.73 Å². The summed E-state index contributed by atoms with van der Waals surface area (Å²) in [6, 6.07) is 0. The molecule has 2 N–H and O–H groups in total. The molecule has 0 aromatic heterocycles. The number of hydrogen-bond donors (Lipinski definition) is 1. The zero-order valence-corrected chi connectivity index (χ0v) is 6.89. The third kappa shape index (κ3) is 1.96.